The molecule has 168 valence electrons. The highest BCUT2D eigenvalue weighted by molar-refractivity contribution is 7.93. The second-order valence-corrected chi connectivity index (χ2v) is 10.5. The van der Waals surface area contributed by atoms with Gasteiger partial charge < -0.3 is 9.84 Å². The van der Waals surface area contributed by atoms with E-state index in [-0.39, 0.29) is 5.75 Å². The van der Waals surface area contributed by atoms with Crippen molar-refractivity contribution in [3.8, 4) is 5.75 Å². The summed E-state index contributed by atoms with van der Waals surface area (Å²) in [5.74, 6) is -0.241. The number of hydrogen-bond acceptors (Lipinski definition) is 6. The van der Waals surface area contributed by atoms with Crippen molar-refractivity contribution in [1.82, 2.24) is 9.97 Å². The zero-order valence-electron chi connectivity index (χ0n) is 17.9. The Morgan fingerprint density at radius 1 is 1.25 bits per heavy atom. The summed E-state index contributed by atoms with van der Waals surface area (Å²) in [7, 11) is -2.20. The number of carboxylic acid groups (broad SMARTS) is 1. The Bertz CT molecular complexity index is 1310. The summed E-state index contributed by atoms with van der Waals surface area (Å²) in [4.78, 5) is 20.0. The number of aryl methyl sites for hydroxylation is 1. The fraction of sp³-hybridized carbons (Fsp3) is 0.348. The Hall–Kier alpha value is -3.07. The molecule has 0 radical (unpaired) electrons. The molecule has 1 aliphatic heterocycles. The van der Waals surface area contributed by atoms with E-state index in [0.717, 1.165) is 23.8 Å². The molecule has 1 aromatic heterocycles. The standard InChI is InChI=1S/C23H24FN3O4S/c1-14-9-18(27-32(30)7-3-4-8-32)12-20-22(14)19(25-13-26-20)10-16-5-6-17(24)11-21(16)31-15(2)23(28)29/h5-6,9,11-13,15H,3-4,7-8,10H2,1-2H3,(H,28,29)/t15-/m1/s1. The van der Waals surface area contributed by atoms with Crippen molar-refractivity contribution in [2.75, 3.05) is 11.5 Å². The zero-order chi connectivity index (χ0) is 22.9. The van der Waals surface area contributed by atoms with Crippen molar-refractivity contribution in [3.05, 3.63) is 59.3 Å². The van der Waals surface area contributed by atoms with Gasteiger partial charge in [0.15, 0.2) is 6.10 Å². The average molecular weight is 458 g/mol. The predicted molar refractivity (Wildman–Crippen MR) is 120 cm³/mol. The minimum absolute atomic E-state index is 0.161. The molecule has 4 rings (SSSR count). The smallest absolute Gasteiger partial charge is 0.344 e. The number of hydrogen-bond donors (Lipinski definition) is 1. The van der Waals surface area contributed by atoms with E-state index in [1.165, 1.54) is 25.4 Å². The first-order valence-electron chi connectivity index (χ1n) is 10.4. The number of carboxylic acids is 1. The maximum Gasteiger partial charge on any atom is 0.344 e. The quantitative estimate of drug-likeness (QED) is 0.588. The van der Waals surface area contributed by atoms with Crippen LogP contribution in [-0.4, -0.2) is 42.9 Å². The van der Waals surface area contributed by atoms with Crippen LogP contribution in [0.3, 0.4) is 0 Å². The highest BCUT2D eigenvalue weighted by Crippen LogP contribution is 2.31. The SMILES string of the molecule is Cc1cc(N=S2(=O)CCCC2)cc2ncnc(Cc3ccc(F)cc3O[C@H](C)C(=O)O)c12. The molecule has 0 aliphatic carbocycles. The molecule has 9 heteroatoms. The van der Waals surface area contributed by atoms with Gasteiger partial charge >= 0.3 is 5.97 Å². The molecule has 0 spiro atoms. The van der Waals surface area contributed by atoms with Crippen LogP contribution in [0.4, 0.5) is 10.1 Å². The normalized spacial score (nSPS) is 16.1. The van der Waals surface area contributed by atoms with Crippen molar-refractivity contribution in [3.63, 3.8) is 0 Å². The van der Waals surface area contributed by atoms with Crippen LogP contribution in [0.1, 0.15) is 36.6 Å². The molecule has 1 fully saturated rings. The summed E-state index contributed by atoms with van der Waals surface area (Å²) in [6, 6.07) is 7.75. The number of benzene rings is 2. The number of ether oxygens (including phenoxy) is 1. The Morgan fingerprint density at radius 2 is 2.00 bits per heavy atom. The topological polar surface area (TPSA) is 102 Å². The number of nitrogens with zero attached hydrogens (tertiary/aromatic N) is 3. The van der Waals surface area contributed by atoms with Gasteiger partial charge in [-0.3, -0.25) is 0 Å². The first-order chi connectivity index (χ1) is 15.2. The van der Waals surface area contributed by atoms with Crippen molar-refractivity contribution >= 4 is 32.3 Å². The Balaban J connectivity index is 1.74. The lowest BCUT2D eigenvalue weighted by Crippen LogP contribution is -2.23. The lowest BCUT2D eigenvalue weighted by molar-refractivity contribution is -0.144. The molecular formula is C23H24FN3O4S. The number of carbonyl (C=O) groups is 1. The fourth-order valence-corrected chi connectivity index (χ4v) is 6.07. The van der Waals surface area contributed by atoms with Gasteiger partial charge in [0.25, 0.3) is 0 Å². The third-order valence-corrected chi connectivity index (χ3v) is 7.88. The molecule has 0 amide bonds. The van der Waals surface area contributed by atoms with Crippen molar-refractivity contribution in [1.29, 1.82) is 0 Å². The first kappa shape index (κ1) is 22.1. The fourth-order valence-electron chi connectivity index (χ4n) is 3.89. The van der Waals surface area contributed by atoms with E-state index in [2.05, 4.69) is 14.3 Å². The Morgan fingerprint density at radius 3 is 2.72 bits per heavy atom. The highest BCUT2D eigenvalue weighted by Gasteiger charge is 2.19. The molecule has 1 atom stereocenters. The zero-order valence-corrected chi connectivity index (χ0v) is 18.7. The summed E-state index contributed by atoms with van der Waals surface area (Å²) in [5, 5.41) is 9.98. The van der Waals surface area contributed by atoms with Gasteiger partial charge in [0.05, 0.1) is 26.6 Å². The second-order valence-electron chi connectivity index (χ2n) is 7.98. The van der Waals surface area contributed by atoms with E-state index in [1.807, 2.05) is 19.1 Å². The van der Waals surface area contributed by atoms with Crippen LogP contribution in [0.15, 0.2) is 41.0 Å². The summed E-state index contributed by atoms with van der Waals surface area (Å²) >= 11 is 0. The van der Waals surface area contributed by atoms with Gasteiger partial charge in [-0.05, 0) is 50.5 Å². The van der Waals surface area contributed by atoms with Gasteiger partial charge in [0, 0.05) is 34.9 Å². The summed E-state index contributed by atoms with van der Waals surface area (Å²) in [6.45, 7) is 3.31. The third kappa shape index (κ3) is 4.72. The number of rotatable bonds is 6. The van der Waals surface area contributed by atoms with E-state index in [1.54, 1.807) is 6.07 Å². The molecule has 1 aliphatic rings. The summed E-state index contributed by atoms with van der Waals surface area (Å²) < 4.78 is 36.7. The molecule has 0 bridgehead atoms. The largest absolute Gasteiger partial charge is 0.479 e. The van der Waals surface area contributed by atoms with E-state index >= 15 is 0 Å². The van der Waals surface area contributed by atoms with E-state index in [4.69, 9.17) is 9.84 Å². The highest BCUT2D eigenvalue weighted by atomic mass is 32.2. The second kappa shape index (κ2) is 8.82. The van der Waals surface area contributed by atoms with Crippen LogP contribution in [0.5, 0.6) is 5.75 Å². The van der Waals surface area contributed by atoms with Gasteiger partial charge in [0.1, 0.15) is 17.9 Å². The lowest BCUT2D eigenvalue weighted by Gasteiger charge is -2.15. The number of aromatic nitrogens is 2. The van der Waals surface area contributed by atoms with Crippen LogP contribution in [0, 0.1) is 12.7 Å². The maximum absolute atomic E-state index is 13.8. The molecule has 1 saturated heterocycles. The van der Waals surface area contributed by atoms with Crippen molar-refractivity contribution < 1.29 is 23.2 Å². The average Bonchev–Trinajstić information content (AvgIpc) is 3.15. The van der Waals surface area contributed by atoms with Crippen LogP contribution < -0.4 is 4.74 Å². The Kier molecular flexibility index (Phi) is 6.10. The molecule has 0 unspecified atom stereocenters. The number of halogens is 1. The van der Waals surface area contributed by atoms with Gasteiger partial charge in [-0.25, -0.2) is 23.4 Å². The minimum atomic E-state index is -2.20. The van der Waals surface area contributed by atoms with Gasteiger partial charge in [-0.2, -0.15) is 4.36 Å². The number of aliphatic carboxylic acids is 1. The van der Waals surface area contributed by atoms with Gasteiger partial charge in [-0.15, -0.1) is 0 Å². The minimum Gasteiger partial charge on any atom is -0.479 e. The molecular weight excluding hydrogens is 433 g/mol. The van der Waals surface area contributed by atoms with Crippen LogP contribution in [-0.2, 0) is 20.9 Å². The molecule has 2 heterocycles. The summed E-state index contributed by atoms with van der Waals surface area (Å²) in [5.41, 5.74) is 3.53. The van der Waals surface area contributed by atoms with Crippen LogP contribution in [0.2, 0.25) is 0 Å². The van der Waals surface area contributed by atoms with E-state index in [9.17, 15) is 13.4 Å². The van der Waals surface area contributed by atoms with Gasteiger partial charge in [0.2, 0.25) is 0 Å². The third-order valence-electron chi connectivity index (χ3n) is 5.49. The predicted octanol–water partition coefficient (Wildman–Crippen LogP) is 4.41. The summed E-state index contributed by atoms with van der Waals surface area (Å²) in [6.07, 6.45) is 2.49. The lowest BCUT2D eigenvalue weighted by atomic mass is 10.0. The molecule has 7 nitrogen and oxygen atoms in total. The molecule has 32 heavy (non-hydrogen) atoms. The first-order valence-corrected chi connectivity index (χ1v) is 12.2. The maximum atomic E-state index is 13.8. The van der Waals surface area contributed by atoms with Crippen LogP contribution in [0.25, 0.3) is 10.9 Å². The van der Waals surface area contributed by atoms with Crippen LogP contribution >= 0.6 is 0 Å². The van der Waals surface area contributed by atoms with Crippen molar-refractivity contribution in [2.24, 2.45) is 4.36 Å². The molecule has 1 N–H and O–H groups in total. The Labute approximate surface area is 185 Å². The van der Waals surface area contributed by atoms with Crippen molar-refractivity contribution in [2.45, 2.75) is 39.2 Å². The van der Waals surface area contributed by atoms with E-state index in [0.29, 0.717) is 40.4 Å². The number of fused-ring (bicyclic) bond motifs is 1. The molecule has 2 aromatic carbocycles. The van der Waals surface area contributed by atoms with Gasteiger partial charge in [-0.1, -0.05) is 6.07 Å². The monoisotopic (exact) mass is 457 g/mol. The van der Waals surface area contributed by atoms with E-state index < -0.39 is 27.6 Å². The molecule has 3 aromatic rings. The molecule has 0 saturated carbocycles.